The average Bonchev–Trinajstić information content (AvgIpc) is 2.98. The van der Waals surface area contributed by atoms with Crippen LogP contribution in [0, 0.1) is 12.7 Å². The Hall–Kier alpha value is -2.75. The first-order valence-electron chi connectivity index (χ1n) is 9.55. The van der Waals surface area contributed by atoms with Crippen LogP contribution in [0.25, 0.3) is 33.3 Å². The molecule has 25 heavy (non-hydrogen) atoms. The zero-order valence-corrected chi connectivity index (χ0v) is 14.2. The number of aromatic nitrogens is 2. The maximum absolute atomic E-state index is 14.3. The van der Waals surface area contributed by atoms with Gasteiger partial charge in [-0.3, -0.25) is 4.98 Å². The molecule has 3 heterocycles. The molecule has 4 aromatic rings. The fourth-order valence-electron chi connectivity index (χ4n) is 3.04. The van der Waals surface area contributed by atoms with Crippen LogP contribution in [0.15, 0.2) is 47.0 Å². The highest BCUT2D eigenvalue weighted by Crippen LogP contribution is 2.36. The summed E-state index contributed by atoms with van der Waals surface area (Å²) in [6.07, 6.45) is 1.22. The van der Waals surface area contributed by atoms with Gasteiger partial charge in [-0.2, -0.15) is 0 Å². The van der Waals surface area contributed by atoms with Crippen LogP contribution in [0.3, 0.4) is 0 Å². The quantitative estimate of drug-likeness (QED) is 0.441. The van der Waals surface area contributed by atoms with Crippen molar-refractivity contribution in [3.63, 3.8) is 0 Å². The van der Waals surface area contributed by atoms with Gasteiger partial charge in [-0.15, -0.1) is 0 Å². The molecule has 0 radical (unpaired) electrons. The first-order valence-corrected chi connectivity index (χ1v) is 8.05. The Kier molecular flexibility index (Phi) is 2.71. The molecule has 4 heteroatoms. The monoisotopic (exact) mass is 337 g/mol. The van der Waals surface area contributed by atoms with Crippen LogP contribution in [0.4, 0.5) is 4.39 Å². The van der Waals surface area contributed by atoms with Gasteiger partial charge >= 0.3 is 0 Å². The molecule has 0 bridgehead atoms. The van der Waals surface area contributed by atoms with Crippen molar-refractivity contribution >= 4 is 22.1 Å². The Labute approximate surface area is 149 Å². The van der Waals surface area contributed by atoms with Gasteiger partial charge in [-0.25, -0.2) is 9.37 Å². The number of hydrogen-bond donors (Lipinski definition) is 0. The number of nitrogens with zero attached hydrogens (tertiary/aromatic N) is 2. The molecule has 0 atom stereocenters. The zero-order valence-electron chi connectivity index (χ0n) is 17.2. The molecular weight excluding hydrogens is 315 g/mol. The molecule has 0 unspecified atom stereocenters. The molecule has 3 nitrogen and oxygen atoms in total. The standard InChI is InChI=1S/C21H19FN2O/c1-12-8-9-14-13-6-5-7-15(19(13)25-20(14)24-12)18-10-16(21(2,3)4)17(22)11-23-18/h5-11H,1-4H3/i1D3. The van der Waals surface area contributed by atoms with E-state index in [4.69, 9.17) is 8.53 Å². The van der Waals surface area contributed by atoms with E-state index in [0.717, 1.165) is 10.8 Å². The minimum absolute atomic E-state index is 0.0180. The van der Waals surface area contributed by atoms with Gasteiger partial charge in [-0.05, 0) is 42.1 Å². The van der Waals surface area contributed by atoms with Gasteiger partial charge < -0.3 is 4.42 Å². The smallest absolute Gasteiger partial charge is 0.227 e. The van der Waals surface area contributed by atoms with Crippen LogP contribution in [0.1, 0.15) is 36.1 Å². The van der Waals surface area contributed by atoms with Crippen molar-refractivity contribution in [1.29, 1.82) is 0 Å². The van der Waals surface area contributed by atoms with Crippen molar-refractivity contribution in [3.05, 3.63) is 59.7 Å². The maximum atomic E-state index is 14.3. The molecule has 1 aromatic carbocycles. The van der Waals surface area contributed by atoms with E-state index in [1.807, 2.05) is 39.0 Å². The van der Waals surface area contributed by atoms with E-state index in [-0.39, 0.29) is 22.6 Å². The van der Waals surface area contributed by atoms with Gasteiger partial charge in [0.2, 0.25) is 5.71 Å². The summed E-state index contributed by atoms with van der Waals surface area (Å²) in [5.41, 5.74) is 2.27. The lowest BCUT2D eigenvalue weighted by Crippen LogP contribution is -2.14. The predicted octanol–water partition coefficient (Wildman–Crippen LogP) is 5.79. The Morgan fingerprint density at radius 1 is 1.12 bits per heavy atom. The number of fused-ring (bicyclic) bond motifs is 3. The molecule has 0 aliphatic carbocycles. The maximum Gasteiger partial charge on any atom is 0.227 e. The molecule has 3 aromatic heterocycles. The van der Waals surface area contributed by atoms with E-state index in [1.165, 1.54) is 12.3 Å². The summed E-state index contributed by atoms with van der Waals surface area (Å²) >= 11 is 0. The molecule has 0 saturated heterocycles. The van der Waals surface area contributed by atoms with Gasteiger partial charge in [0, 0.05) is 26.1 Å². The summed E-state index contributed by atoms with van der Waals surface area (Å²) in [7, 11) is 0. The number of hydrogen-bond acceptors (Lipinski definition) is 3. The number of furan rings is 1. The molecule has 0 saturated carbocycles. The first-order chi connectivity index (χ1) is 13.1. The molecule has 126 valence electrons. The summed E-state index contributed by atoms with van der Waals surface area (Å²) in [5, 5.41) is 1.53. The van der Waals surface area contributed by atoms with E-state index in [1.54, 1.807) is 12.1 Å². The van der Waals surface area contributed by atoms with Crippen molar-refractivity contribution in [2.24, 2.45) is 0 Å². The van der Waals surface area contributed by atoms with E-state index in [2.05, 4.69) is 9.97 Å². The van der Waals surface area contributed by atoms with E-state index in [9.17, 15) is 4.39 Å². The van der Waals surface area contributed by atoms with Crippen LogP contribution in [-0.2, 0) is 5.41 Å². The summed E-state index contributed by atoms with van der Waals surface area (Å²) in [6, 6.07) is 10.5. The normalized spacial score (nSPS) is 14.5. The Bertz CT molecular complexity index is 1210. The second kappa shape index (κ2) is 5.38. The minimum atomic E-state index is -2.31. The van der Waals surface area contributed by atoms with E-state index >= 15 is 0 Å². The number of halogens is 1. The van der Waals surface area contributed by atoms with Gasteiger partial charge in [0.15, 0.2) is 0 Å². The third-order valence-corrected chi connectivity index (χ3v) is 4.30. The van der Waals surface area contributed by atoms with Crippen molar-refractivity contribution in [3.8, 4) is 11.3 Å². The van der Waals surface area contributed by atoms with Crippen LogP contribution in [0.5, 0.6) is 0 Å². The van der Waals surface area contributed by atoms with Crippen molar-refractivity contribution in [2.75, 3.05) is 0 Å². The van der Waals surface area contributed by atoms with Gasteiger partial charge in [0.05, 0.1) is 11.9 Å². The Balaban J connectivity index is 1.96. The lowest BCUT2D eigenvalue weighted by Gasteiger charge is -2.20. The topological polar surface area (TPSA) is 38.9 Å². The SMILES string of the molecule is [2H]C([2H])([2H])c1ccc2c(n1)oc1c(-c3cc(C(C)(C)C)c(F)cn3)cccc12. The zero-order chi connectivity index (χ0) is 20.3. The number of para-hydroxylation sites is 1. The highest BCUT2D eigenvalue weighted by atomic mass is 19.1. The Morgan fingerprint density at radius 2 is 1.96 bits per heavy atom. The number of benzene rings is 1. The van der Waals surface area contributed by atoms with Crippen LogP contribution >= 0.6 is 0 Å². The fourth-order valence-corrected chi connectivity index (χ4v) is 3.04. The third kappa shape index (κ3) is 2.58. The van der Waals surface area contributed by atoms with Crippen molar-refractivity contribution in [2.45, 2.75) is 33.0 Å². The minimum Gasteiger partial charge on any atom is -0.437 e. The summed E-state index contributed by atoms with van der Waals surface area (Å²) in [4.78, 5) is 8.43. The van der Waals surface area contributed by atoms with Crippen LogP contribution in [-0.4, -0.2) is 9.97 Å². The number of aryl methyl sites for hydroxylation is 1. The first kappa shape index (κ1) is 12.6. The lowest BCUT2D eigenvalue weighted by atomic mass is 9.86. The molecule has 0 spiro atoms. The highest BCUT2D eigenvalue weighted by Gasteiger charge is 2.21. The van der Waals surface area contributed by atoms with Crippen LogP contribution in [0.2, 0.25) is 0 Å². The van der Waals surface area contributed by atoms with E-state index < -0.39 is 6.85 Å². The molecule has 0 N–H and O–H groups in total. The molecule has 4 rings (SSSR count). The summed E-state index contributed by atoms with van der Waals surface area (Å²) in [5.74, 6) is -0.350. The second-order valence-corrected chi connectivity index (χ2v) is 7.13. The molecular formula is C21H19FN2O. The molecule has 0 aliphatic rings. The summed E-state index contributed by atoms with van der Waals surface area (Å²) in [6.45, 7) is 3.52. The number of rotatable bonds is 1. The van der Waals surface area contributed by atoms with Crippen LogP contribution < -0.4 is 0 Å². The number of pyridine rings is 2. The molecule has 0 aliphatic heterocycles. The van der Waals surface area contributed by atoms with Gasteiger partial charge in [-0.1, -0.05) is 32.9 Å². The average molecular weight is 337 g/mol. The van der Waals surface area contributed by atoms with Crippen molar-refractivity contribution < 1.29 is 12.9 Å². The van der Waals surface area contributed by atoms with Gasteiger partial charge in [0.25, 0.3) is 0 Å². The molecule has 0 fully saturated rings. The Morgan fingerprint density at radius 3 is 2.72 bits per heavy atom. The second-order valence-electron chi connectivity index (χ2n) is 7.13. The van der Waals surface area contributed by atoms with E-state index in [0.29, 0.717) is 22.4 Å². The summed E-state index contributed by atoms with van der Waals surface area (Å²) < 4.78 is 42.8. The highest BCUT2D eigenvalue weighted by molar-refractivity contribution is 6.08. The third-order valence-electron chi connectivity index (χ3n) is 4.30. The fraction of sp³-hybridized carbons (Fsp3) is 0.238. The molecule has 0 amide bonds. The van der Waals surface area contributed by atoms with Gasteiger partial charge in [0.1, 0.15) is 11.4 Å². The van der Waals surface area contributed by atoms with Crippen molar-refractivity contribution in [1.82, 2.24) is 9.97 Å². The predicted molar refractivity (Wildman–Crippen MR) is 98.1 cm³/mol. The lowest BCUT2D eigenvalue weighted by molar-refractivity contribution is 0.519. The largest absolute Gasteiger partial charge is 0.437 e.